The Bertz CT molecular complexity index is 1040. The lowest BCUT2D eigenvalue weighted by molar-refractivity contribution is 0.0818. The fourth-order valence-electron chi connectivity index (χ4n) is 3.90. The van der Waals surface area contributed by atoms with Gasteiger partial charge in [0.25, 0.3) is 0 Å². The van der Waals surface area contributed by atoms with Crippen LogP contribution in [0.3, 0.4) is 0 Å². The number of carbonyl (C=O) groups is 2. The normalized spacial score (nSPS) is 12.9. The van der Waals surface area contributed by atoms with Crippen molar-refractivity contribution in [3.05, 3.63) is 52.9 Å². The third-order valence-corrected chi connectivity index (χ3v) is 6.61. The van der Waals surface area contributed by atoms with Crippen molar-refractivity contribution in [1.82, 2.24) is 0 Å². The number of hydrogen-bond acceptors (Lipinski definition) is 4. The van der Waals surface area contributed by atoms with E-state index in [2.05, 4.69) is 36.9 Å². The molecule has 2 aromatic carbocycles. The smallest absolute Gasteiger partial charge is 0.244 e. The summed E-state index contributed by atoms with van der Waals surface area (Å²) in [5, 5.41) is 1.07. The molecule has 3 aromatic rings. The van der Waals surface area contributed by atoms with E-state index >= 15 is 0 Å². The zero-order chi connectivity index (χ0) is 19.7. The molecule has 1 aromatic heterocycles. The number of carbonyl (C=O) groups excluding carboxylic acids is 2. The van der Waals surface area contributed by atoms with Gasteiger partial charge in [-0.2, -0.15) is 0 Å². The molecule has 1 aliphatic carbocycles. The number of ketones is 2. The van der Waals surface area contributed by atoms with Gasteiger partial charge in [-0.15, -0.1) is 11.3 Å². The predicted molar refractivity (Wildman–Crippen MR) is 118 cm³/mol. The van der Waals surface area contributed by atoms with Gasteiger partial charge in [-0.3, -0.25) is 9.59 Å². The van der Waals surface area contributed by atoms with Gasteiger partial charge in [0.05, 0.1) is 4.88 Å². The van der Waals surface area contributed by atoms with Gasteiger partial charge in [-0.25, -0.2) is 0 Å². The highest BCUT2D eigenvalue weighted by Gasteiger charge is 2.33. The minimum atomic E-state index is -0.387. The molecule has 28 heavy (non-hydrogen) atoms. The van der Waals surface area contributed by atoms with Gasteiger partial charge in [0.15, 0.2) is 0 Å². The first-order valence-electron chi connectivity index (χ1n) is 10.2. The first-order chi connectivity index (χ1) is 13.7. The predicted octanol–water partition coefficient (Wildman–Crippen LogP) is 6.35. The molecule has 3 nitrogen and oxygen atoms in total. The van der Waals surface area contributed by atoms with Gasteiger partial charge in [0.2, 0.25) is 11.6 Å². The highest BCUT2D eigenvalue weighted by Crippen LogP contribution is 2.44. The number of benzene rings is 2. The van der Waals surface area contributed by atoms with Crippen molar-refractivity contribution in [3.63, 3.8) is 0 Å². The van der Waals surface area contributed by atoms with Crippen molar-refractivity contribution in [1.29, 1.82) is 0 Å². The molecular weight excluding hydrogens is 366 g/mol. The van der Waals surface area contributed by atoms with E-state index < -0.39 is 0 Å². The Morgan fingerprint density at radius 2 is 1.54 bits per heavy atom. The molecular formula is C24H25NO2S. The van der Waals surface area contributed by atoms with Crippen molar-refractivity contribution in [3.8, 4) is 11.1 Å². The topological polar surface area (TPSA) is 37.4 Å². The zero-order valence-electron chi connectivity index (χ0n) is 16.5. The molecule has 0 N–H and O–H groups in total. The molecule has 0 bridgehead atoms. The number of anilines is 1. The second-order valence-electron chi connectivity index (χ2n) is 7.38. The van der Waals surface area contributed by atoms with Crippen LogP contribution in [0, 0.1) is 0 Å². The van der Waals surface area contributed by atoms with Crippen LogP contribution >= 0.6 is 11.3 Å². The van der Waals surface area contributed by atoms with Crippen LogP contribution in [0.1, 0.15) is 59.6 Å². The largest absolute Gasteiger partial charge is 0.371 e. The summed E-state index contributed by atoms with van der Waals surface area (Å²) in [6.07, 6.45) is 4.68. The highest BCUT2D eigenvalue weighted by atomic mass is 32.1. The number of unbranched alkanes of at least 4 members (excludes halogenated alkanes) is 2. The maximum absolute atomic E-state index is 12.7. The van der Waals surface area contributed by atoms with Crippen molar-refractivity contribution >= 4 is 38.7 Å². The Labute approximate surface area is 170 Å². The van der Waals surface area contributed by atoms with Crippen LogP contribution in [0.5, 0.6) is 0 Å². The molecule has 4 rings (SSSR count). The molecule has 0 saturated heterocycles. The zero-order valence-corrected chi connectivity index (χ0v) is 17.3. The number of fused-ring (bicyclic) bond motifs is 5. The van der Waals surface area contributed by atoms with Crippen molar-refractivity contribution < 1.29 is 9.59 Å². The number of hydrogen-bond donors (Lipinski definition) is 0. The van der Waals surface area contributed by atoms with Crippen LogP contribution < -0.4 is 4.90 Å². The summed E-state index contributed by atoms with van der Waals surface area (Å²) in [4.78, 5) is 28.3. The number of nitrogens with zero attached hydrogens (tertiary/aromatic N) is 1. The van der Waals surface area contributed by atoms with Gasteiger partial charge in [-0.1, -0.05) is 57.0 Å². The lowest BCUT2D eigenvalue weighted by Crippen LogP contribution is -2.25. The Hall–Kier alpha value is -2.46. The third kappa shape index (κ3) is 3.16. The van der Waals surface area contributed by atoms with Crippen LogP contribution in [-0.2, 0) is 0 Å². The number of Topliss-reactive ketones (excluding diaryl/α,β-unsaturated/α-hetero) is 2. The average Bonchev–Trinajstić information content (AvgIpc) is 3.11. The standard InChI is InChI=1S/C24H25NO2S/c1-3-5-13-25(14-6-4-2)16-11-12-19-20(15-16)28-24-21(19)17-9-7-8-10-18(17)22(26)23(24)27/h7-12,15H,3-6,13-14H2,1-2H3. The summed E-state index contributed by atoms with van der Waals surface area (Å²) >= 11 is 1.46. The molecule has 144 valence electrons. The van der Waals surface area contributed by atoms with E-state index in [0.29, 0.717) is 10.4 Å². The van der Waals surface area contributed by atoms with Gasteiger partial charge in [0.1, 0.15) is 0 Å². The van der Waals surface area contributed by atoms with E-state index in [9.17, 15) is 9.59 Å². The van der Waals surface area contributed by atoms with Crippen LogP contribution in [0.2, 0.25) is 0 Å². The molecule has 0 saturated carbocycles. The fourth-order valence-corrected chi connectivity index (χ4v) is 5.09. The summed E-state index contributed by atoms with van der Waals surface area (Å²) in [6.45, 7) is 6.53. The first-order valence-corrected chi connectivity index (χ1v) is 11.0. The van der Waals surface area contributed by atoms with E-state index in [4.69, 9.17) is 0 Å². The van der Waals surface area contributed by atoms with Crippen LogP contribution in [-0.4, -0.2) is 24.7 Å². The van der Waals surface area contributed by atoms with E-state index in [-0.39, 0.29) is 11.6 Å². The van der Waals surface area contributed by atoms with Crippen molar-refractivity contribution in [2.24, 2.45) is 0 Å². The molecule has 0 aliphatic heterocycles. The monoisotopic (exact) mass is 391 g/mol. The molecule has 0 amide bonds. The van der Waals surface area contributed by atoms with Gasteiger partial charge in [-0.05, 0) is 30.5 Å². The van der Waals surface area contributed by atoms with Crippen LogP contribution in [0.15, 0.2) is 42.5 Å². The van der Waals surface area contributed by atoms with Crippen LogP contribution in [0.25, 0.3) is 21.2 Å². The molecule has 0 fully saturated rings. The van der Waals surface area contributed by atoms with E-state index in [1.165, 1.54) is 42.7 Å². The Balaban J connectivity index is 1.81. The maximum Gasteiger partial charge on any atom is 0.244 e. The molecule has 0 atom stereocenters. The summed E-state index contributed by atoms with van der Waals surface area (Å²) in [6, 6.07) is 14.0. The SMILES string of the molecule is CCCCN(CCCC)c1ccc2c3c(sc2c1)C(=O)C(=O)c1ccccc1-3. The molecule has 1 heterocycles. The molecule has 0 spiro atoms. The summed E-state index contributed by atoms with van der Waals surface area (Å²) in [5.41, 5.74) is 3.55. The Morgan fingerprint density at radius 1 is 0.857 bits per heavy atom. The van der Waals surface area contributed by atoms with Crippen molar-refractivity contribution in [2.75, 3.05) is 18.0 Å². The summed E-state index contributed by atoms with van der Waals surface area (Å²) in [7, 11) is 0. The minimum Gasteiger partial charge on any atom is -0.371 e. The number of rotatable bonds is 7. The van der Waals surface area contributed by atoms with Crippen molar-refractivity contribution in [2.45, 2.75) is 39.5 Å². The second-order valence-corrected chi connectivity index (χ2v) is 8.44. The number of thiophene rings is 1. The van der Waals surface area contributed by atoms with Crippen LogP contribution in [0.4, 0.5) is 5.69 Å². The summed E-state index contributed by atoms with van der Waals surface area (Å²) < 4.78 is 1.08. The lowest BCUT2D eigenvalue weighted by Gasteiger charge is -2.24. The molecule has 1 aliphatic rings. The average molecular weight is 392 g/mol. The van der Waals surface area contributed by atoms with E-state index in [0.717, 1.165) is 34.3 Å². The van der Waals surface area contributed by atoms with Gasteiger partial charge in [0, 0.05) is 40.0 Å². The second kappa shape index (κ2) is 7.88. The van der Waals surface area contributed by atoms with Gasteiger partial charge < -0.3 is 4.90 Å². The van der Waals surface area contributed by atoms with E-state index in [1.807, 2.05) is 18.2 Å². The molecule has 4 heteroatoms. The Morgan fingerprint density at radius 3 is 2.21 bits per heavy atom. The molecule has 0 unspecified atom stereocenters. The van der Waals surface area contributed by atoms with E-state index in [1.54, 1.807) is 6.07 Å². The third-order valence-electron chi connectivity index (χ3n) is 5.46. The first kappa shape index (κ1) is 18.9. The van der Waals surface area contributed by atoms with Gasteiger partial charge >= 0.3 is 0 Å². The maximum atomic E-state index is 12.7. The lowest BCUT2D eigenvalue weighted by atomic mass is 9.87. The minimum absolute atomic E-state index is 0.370. The fraction of sp³-hybridized carbons (Fsp3) is 0.333. The molecule has 0 radical (unpaired) electrons. The highest BCUT2D eigenvalue weighted by molar-refractivity contribution is 7.22. The summed E-state index contributed by atoms with van der Waals surface area (Å²) in [5.74, 6) is -0.757. The quantitative estimate of drug-likeness (QED) is 0.440. The Kier molecular flexibility index (Phi) is 5.31.